The van der Waals surface area contributed by atoms with Gasteiger partial charge in [-0.1, -0.05) is 42.5 Å². The van der Waals surface area contributed by atoms with Crippen molar-refractivity contribution >= 4 is 16.1 Å². The fraction of sp³-hybridized carbons (Fsp3) is 0.500. The molecule has 1 amide bonds. The average Bonchev–Trinajstić information content (AvgIpc) is 2.92. The molecular formula is C26H35N3O5S. The number of para-hydroxylation sites is 1. The highest BCUT2D eigenvalue weighted by Gasteiger charge is 2.37. The number of nitrogens with one attached hydrogen (secondary N) is 1. The molecule has 0 aromatic heterocycles. The van der Waals surface area contributed by atoms with Crippen molar-refractivity contribution in [2.45, 2.75) is 37.8 Å². The average molecular weight is 502 g/mol. The summed E-state index contributed by atoms with van der Waals surface area (Å²) in [4.78, 5) is 13.2. The summed E-state index contributed by atoms with van der Waals surface area (Å²) in [6.07, 6.45) is 3.13. The van der Waals surface area contributed by atoms with Crippen LogP contribution in [0.15, 0.2) is 54.6 Å². The van der Waals surface area contributed by atoms with Gasteiger partial charge >= 0.3 is 0 Å². The zero-order chi connectivity index (χ0) is 24.8. The van der Waals surface area contributed by atoms with Crippen molar-refractivity contribution in [1.29, 1.82) is 0 Å². The van der Waals surface area contributed by atoms with Crippen LogP contribution in [0.3, 0.4) is 0 Å². The van der Waals surface area contributed by atoms with Crippen LogP contribution in [0.2, 0.25) is 0 Å². The van der Waals surface area contributed by atoms with Crippen LogP contribution in [0.25, 0.3) is 0 Å². The minimum absolute atomic E-state index is 0.0552. The van der Waals surface area contributed by atoms with Crippen molar-refractivity contribution in [3.05, 3.63) is 65.7 Å². The Morgan fingerprint density at radius 2 is 1.66 bits per heavy atom. The smallest absolute Gasteiger partial charge is 0.282 e. The maximum absolute atomic E-state index is 13.2. The van der Waals surface area contributed by atoms with Gasteiger partial charge in [0.25, 0.3) is 16.1 Å². The van der Waals surface area contributed by atoms with Gasteiger partial charge in [-0.2, -0.15) is 17.0 Å². The summed E-state index contributed by atoms with van der Waals surface area (Å²) in [6.45, 7) is 1.66. The van der Waals surface area contributed by atoms with Crippen LogP contribution in [0, 0.1) is 5.92 Å². The molecule has 0 radical (unpaired) electrons. The molecule has 2 aromatic carbocycles. The Morgan fingerprint density at radius 3 is 2.31 bits per heavy atom. The van der Waals surface area contributed by atoms with Gasteiger partial charge in [0.05, 0.1) is 31.9 Å². The standard InChI is InChI=1S/C26H35N3O5S/c1-28(35(31,32)29-16-18-34-19-17-29)22-14-12-21(13-15-22)25(20-8-4-3-5-9-20)27-26(30)23-10-6-7-11-24(23)33-2/h3-11,21-22,25H,12-19H2,1-2H3,(H,27,30). The van der Waals surface area contributed by atoms with Crippen LogP contribution < -0.4 is 10.1 Å². The Balaban J connectivity index is 1.46. The normalized spacial score (nSPS) is 22.5. The van der Waals surface area contributed by atoms with Crippen molar-refractivity contribution in [2.75, 3.05) is 40.5 Å². The number of benzene rings is 2. The van der Waals surface area contributed by atoms with Crippen molar-refractivity contribution < 1.29 is 22.7 Å². The van der Waals surface area contributed by atoms with Gasteiger partial charge in [-0.15, -0.1) is 0 Å². The molecule has 9 heteroatoms. The fourth-order valence-corrected chi connectivity index (χ4v) is 6.69. The summed E-state index contributed by atoms with van der Waals surface area (Å²) >= 11 is 0. The van der Waals surface area contributed by atoms with Crippen LogP contribution in [0.5, 0.6) is 5.75 Å². The van der Waals surface area contributed by atoms with Crippen LogP contribution in [0.1, 0.15) is 47.6 Å². The zero-order valence-electron chi connectivity index (χ0n) is 20.4. The van der Waals surface area contributed by atoms with Gasteiger partial charge in [0.1, 0.15) is 5.75 Å². The molecule has 1 aliphatic carbocycles. The first-order valence-electron chi connectivity index (χ1n) is 12.2. The first-order valence-corrected chi connectivity index (χ1v) is 13.6. The number of hydrogen-bond donors (Lipinski definition) is 1. The predicted octanol–water partition coefficient (Wildman–Crippen LogP) is 3.23. The van der Waals surface area contributed by atoms with Gasteiger partial charge in [0, 0.05) is 26.2 Å². The summed E-state index contributed by atoms with van der Waals surface area (Å²) in [5, 5.41) is 3.25. The fourth-order valence-electron chi connectivity index (χ4n) is 5.13. The number of hydrogen-bond acceptors (Lipinski definition) is 5. The third kappa shape index (κ3) is 5.86. The van der Waals surface area contributed by atoms with Gasteiger partial charge in [-0.25, -0.2) is 0 Å². The number of nitrogens with zero attached hydrogens (tertiary/aromatic N) is 2. The SMILES string of the molecule is COc1ccccc1C(=O)NC(c1ccccc1)C1CCC(N(C)S(=O)(=O)N2CCOCC2)CC1. The third-order valence-electron chi connectivity index (χ3n) is 7.18. The Morgan fingerprint density at radius 1 is 1.03 bits per heavy atom. The van der Waals surface area contributed by atoms with Crippen molar-refractivity contribution in [3.8, 4) is 5.75 Å². The lowest BCUT2D eigenvalue weighted by molar-refractivity contribution is 0.0688. The first kappa shape index (κ1) is 25.6. The second-order valence-electron chi connectivity index (χ2n) is 9.17. The molecule has 0 bridgehead atoms. The molecule has 190 valence electrons. The van der Waals surface area contributed by atoms with E-state index in [1.54, 1.807) is 30.6 Å². The Kier molecular flexibility index (Phi) is 8.43. The summed E-state index contributed by atoms with van der Waals surface area (Å²) in [5.41, 5.74) is 1.55. The number of carbonyl (C=O) groups is 1. The van der Waals surface area contributed by atoms with Crippen LogP contribution in [-0.2, 0) is 14.9 Å². The third-order valence-corrected chi connectivity index (χ3v) is 9.23. The Bertz CT molecular complexity index is 1080. The van der Waals surface area contributed by atoms with E-state index >= 15 is 0 Å². The second-order valence-corrected chi connectivity index (χ2v) is 11.2. The molecule has 2 fully saturated rings. The number of carbonyl (C=O) groups excluding carboxylic acids is 1. The van der Waals surface area contributed by atoms with Gasteiger partial charge in [0.2, 0.25) is 0 Å². The summed E-state index contributed by atoms with van der Waals surface area (Å²) in [6, 6.07) is 17.0. The molecule has 1 N–H and O–H groups in total. The van der Waals surface area contributed by atoms with E-state index < -0.39 is 10.2 Å². The number of morpholine rings is 1. The molecule has 1 aliphatic heterocycles. The lowest BCUT2D eigenvalue weighted by Crippen LogP contribution is -2.51. The van der Waals surface area contributed by atoms with E-state index in [1.165, 1.54) is 4.31 Å². The summed E-state index contributed by atoms with van der Waals surface area (Å²) < 4.78 is 40.0. The molecule has 2 aromatic rings. The molecule has 1 saturated carbocycles. The van der Waals surface area contributed by atoms with Crippen molar-refractivity contribution in [1.82, 2.24) is 13.9 Å². The van der Waals surface area contributed by atoms with E-state index in [0.29, 0.717) is 37.6 Å². The monoisotopic (exact) mass is 501 g/mol. The van der Waals surface area contributed by atoms with Gasteiger partial charge < -0.3 is 14.8 Å². The van der Waals surface area contributed by atoms with Crippen molar-refractivity contribution in [3.63, 3.8) is 0 Å². The summed E-state index contributed by atoms with van der Waals surface area (Å²) in [7, 11) is -0.264. The molecule has 4 rings (SSSR count). The van der Waals surface area contributed by atoms with E-state index in [4.69, 9.17) is 9.47 Å². The molecule has 1 heterocycles. The number of rotatable bonds is 8. The second kappa shape index (κ2) is 11.5. The molecule has 1 unspecified atom stereocenters. The predicted molar refractivity (Wildman–Crippen MR) is 134 cm³/mol. The lowest BCUT2D eigenvalue weighted by Gasteiger charge is -2.39. The van der Waals surface area contributed by atoms with Gasteiger partial charge in [0.15, 0.2) is 0 Å². The Hall–Kier alpha value is -2.46. The molecule has 8 nitrogen and oxygen atoms in total. The van der Waals surface area contributed by atoms with Crippen LogP contribution in [0.4, 0.5) is 0 Å². The minimum atomic E-state index is -3.51. The number of amides is 1. The highest BCUT2D eigenvalue weighted by atomic mass is 32.2. The maximum atomic E-state index is 13.2. The highest BCUT2D eigenvalue weighted by molar-refractivity contribution is 7.86. The lowest BCUT2D eigenvalue weighted by atomic mass is 9.79. The van der Waals surface area contributed by atoms with E-state index in [-0.39, 0.29) is 23.9 Å². The Labute approximate surface area is 208 Å². The van der Waals surface area contributed by atoms with Crippen molar-refractivity contribution in [2.24, 2.45) is 5.92 Å². The van der Waals surface area contributed by atoms with Gasteiger partial charge in [-0.05, 0) is 49.3 Å². The van der Waals surface area contributed by atoms with Crippen LogP contribution in [-0.4, -0.2) is 69.4 Å². The van der Waals surface area contributed by atoms with Crippen LogP contribution >= 0.6 is 0 Å². The molecule has 2 aliphatic rings. The largest absolute Gasteiger partial charge is 0.496 e. The summed E-state index contributed by atoms with van der Waals surface area (Å²) in [5.74, 6) is 0.563. The molecular weight excluding hydrogens is 466 g/mol. The van der Waals surface area contributed by atoms with E-state index in [9.17, 15) is 13.2 Å². The molecule has 35 heavy (non-hydrogen) atoms. The van der Waals surface area contributed by atoms with E-state index in [0.717, 1.165) is 31.2 Å². The quantitative estimate of drug-likeness (QED) is 0.600. The van der Waals surface area contributed by atoms with E-state index in [1.807, 2.05) is 42.5 Å². The number of methoxy groups -OCH3 is 1. The van der Waals surface area contributed by atoms with E-state index in [2.05, 4.69) is 5.32 Å². The van der Waals surface area contributed by atoms with Gasteiger partial charge in [-0.3, -0.25) is 4.79 Å². The highest BCUT2D eigenvalue weighted by Crippen LogP contribution is 2.37. The molecule has 1 atom stereocenters. The first-order chi connectivity index (χ1) is 16.9. The topological polar surface area (TPSA) is 88.2 Å². The maximum Gasteiger partial charge on any atom is 0.282 e. The zero-order valence-corrected chi connectivity index (χ0v) is 21.2. The molecule has 1 saturated heterocycles. The number of ether oxygens (including phenoxy) is 2. The minimum Gasteiger partial charge on any atom is -0.496 e. The molecule has 0 spiro atoms.